The Bertz CT molecular complexity index is 1030. The molecule has 1 aromatic carbocycles. The zero-order valence-electron chi connectivity index (χ0n) is 16.5. The topological polar surface area (TPSA) is 102 Å². The average Bonchev–Trinajstić information content (AvgIpc) is 3.36. The molecular weight excluding hydrogens is 408 g/mol. The fraction of sp³-hybridized carbons (Fsp3) is 0.368. The molecule has 2 aromatic heterocycles. The molecule has 11 heteroatoms. The van der Waals surface area contributed by atoms with Gasteiger partial charge in [0.1, 0.15) is 18.0 Å². The number of tetrazole rings is 1. The highest BCUT2D eigenvalue weighted by molar-refractivity contribution is 6.33. The minimum atomic E-state index is -0.163. The number of piperazine rings is 1. The maximum atomic E-state index is 13.1. The van der Waals surface area contributed by atoms with Gasteiger partial charge in [0, 0.05) is 26.2 Å². The van der Waals surface area contributed by atoms with E-state index in [1.54, 1.807) is 21.4 Å². The molecule has 3 heterocycles. The lowest BCUT2D eigenvalue weighted by Crippen LogP contribution is -2.51. The van der Waals surface area contributed by atoms with Crippen LogP contribution in [0.2, 0.25) is 5.15 Å². The summed E-state index contributed by atoms with van der Waals surface area (Å²) >= 11 is 6.52. The van der Waals surface area contributed by atoms with Crippen molar-refractivity contribution in [2.75, 3.05) is 26.2 Å². The fourth-order valence-corrected chi connectivity index (χ4v) is 3.78. The molecule has 10 nitrogen and oxygen atoms in total. The third kappa shape index (κ3) is 4.18. The van der Waals surface area contributed by atoms with Gasteiger partial charge in [-0.05, 0) is 22.9 Å². The van der Waals surface area contributed by atoms with E-state index in [2.05, 4.69) is 20.6 Å². The van der Waals surface area contributed by atoms with Crippen molar-refractivity contribution in [3.63, 3.8) is 0 Å². The van der Waals surface area contributed by atoms with Crippen LogP contribution in [-0.4, -0.2) is 77.8 Å². The van der Waals surface area contributed by atoms with E-state index in [0.29, 0.717) is 49.1 Å². The van der Waals surface area contributed by atoms with E-state index in [1.165, 1.54) is 11.0 Å². The van der Waals surface area contributed by atoms with Crippen LogP contribution in [-0.2, 0) is 17.9 Å². The van der Waals surface area contributed by atoms with Crippen molar-refractivity contribution in [1.82, 2.24) is 39.8 Å². The number of halogens is 1. The van der Waals surface area contributed by atoms with E-state index in [9.17, 15) is 9.59 Å². The summed E-state index contributed by atoms with van der Waals surface area (Å²) in [6.45, 7) is 4.11. The van der Waals surface area contributed by atoms with Crippen LogP contribution in [0.1, 0.15) is 21.6 Å². The SMILES string of the molecule is Cc1nn(Cc2ccccc2)c(Cl)c1C(=O)N1CCN(C(=O)Cn2cnnn2)CC1. The number of rotatable bonds is 5. The third-order valence-corrected chi connectivity index (χ3v) is 5.45. The summed E-state index contributed by atoms with van der Waals surface area (Å²) in [7, 11) is 0. The number of hydrogen-bond acceptors (Lipinski definition) is 6. The second-order valence-electron chi connectivity index (χ2n) is 7.07. The maximum Gasteiger partial charge on any atom is 0.259 e. The first-order valence-electron chi connectivity index (χ1n) is 9.57. The van der Waals surface area contributed by atoms with Gasteiger partial charge in [-0.25, -0.2) is 9.36 Å². The Hall–Kier alpha value is -3.27. The minimum Gasteiger partial charge on any atom is -0.338 e. The molecule has 0 atom stereocenters. The molecule has 1 fully saturated rings. The van der Waals surface area contributed by atoms with Gasteiger partial charge in [0.15, 0.2) is 0 Å². The van der Waals surface area contributed by atoms with Gasteiger partial charge < -0.3 is 9.80 Å². The largest absolute Gasteiger partial charge is 0.338 e. The summed E-state index contributed by atoms with van der Waals surface area (Å²) in [6.07, 6.45) is 1.40. The quantitative estimate of drug-likeness (QED) is 0.597. The Labute approximate surface area is 178 Å². The molecule has 3 aromatic rings. The first kappa shape index (κ1) is 20.0. The predicted molar refractivity (Wildman–Crippen MR) is 108 cm³/mol. The highest BCUT2D eigenvalue weighted by Gasteiger charge is 2.29. The standard InChI is InChI=1S/C19H21ClN8O2/c1-14-17(18(20)28(22-14)11-15-5-3-2-4-6-15)19(30)26-9-7-25(8-10-26)16(29)12-27-13-21-23-24-27/h2-6,13H,7-12H2,1H3. The average molecular weight is 429 g/mol. The van der Waals surface area contributed by atoms with E-state index in [1.807, 2.05) is 30.3 Å². The van der Waals surface area contributed by atoms with Gasteiger partial charge in [-0.3, -0.25) is 9.59 Å². The van der Waals surface area contributed by atoms with Crippen molar-refractivity contribution in [2.24, 2.45) is 0 Å². The van der Waals surface area contributed by atoms with E-state index in [0.717, 1.165) is 5.56 Å². The van der Waals surface area contributed by atoms with Gasteiger partial charge in [-0.1, -0.05) is 41.9 Å². The van der Waals surface area contributed by atoms with Gasteiger partial charge in [0.2, 0.25) is 5.91 Å². The van der Waals surface area contributed by atoms with Crippen LogP contribution >= 0.6 is 11.6 Å². The van der Waals surface area contributed by atoms with Crippen molar-refractivity contribution < 1.29 is 9.59 Å². The van der Waals surface area contributed by atoms with Gasteiger partial charge >= 0.3 is 0 Å². The van der Waals surface area contributed by atoms with Crippen molar-refractivity contribution >= 4 is 23.4 Å². The van der Waals surface area contributed by atoms with E-state index >= 15 is 0 Å². The Morgan fingerprint density at radius 1 is 1.07 bits per heavy atom. The van der Waals surface area contributed by atoms with Crippen LogP contribution in [0.25, 0.3) is 0 Å². The molecular formula is C19H21ClN8O2. The van der Waals surface area contributed by atoms with E-state index in [-0.39, 0.29) is 18.4 Å². The predicted octanol–water partition coefficient (Wildman–Crippen LogP) is 0.864. The molecule has 1 aliphatic heterocycles. The molecule has 1 saturated heterocycles. The Kier molecular flexibility index (Phi) is 5.75. The van der Waals surface area contributed by atoms with Gasteiger partial charge in [-0.15, -0.1) is 5.10 Å². The summed E-state index contributed by atoms with van der Waals surface area (Å²) in [5, 5.41) is 15.5. The first-order chi connectivity index (χ1) is 14.5. The highest BCUT2D eigenvalue weighted by atomic mass is 35.5. The second-order valence-corrected chi connectivity index (χ2v) is 7.43. The molecule has 0 radical (unpaired) electrons. The van der Waals surface area contributed by atoms with Crippen molar-refractivity contribution in [3.8, 4) is 0 Å². The summed E-state index contributed by atoms with van der Waals surface area (Å²) in [5.74, 6) is -0.247. The van der Waals surface area contributed by atoms with Gasteiger partial charge in [0.05, 0.1) is 17.8 Å². The van der Waals surface area contributed by atoms with Crippen molar-refractivity contribution in [3.05, 3.63) is 58.6 Å². The fourth-order valence-electron chi connectivity index (χ4n) is 3.47. The monoisotopic (exact) mass is 428 g/mol. The molecule has 0 bridgehead atoms. The van der Waals surface area contributed by atoms with Crippen LogP contribution < -0.4 is 0 Å². The lowest BCUT2D eigenvalue weighted by molar-refractivity contribution is -0.133. The summed E-state index contributed by atoms with van der Waals surface area (Å²) in [5.41, 5.74) is 2.06. The Balaban J connectivity index is 1.40. The molecule has 0 unspecified atom stereocenters. The van der Waals surface area contributed by atoms with E-state index < -0.39 is 0 Å². The molecule has 0 aliphatic carbocycles. The Morgan fingerprint density at radius 3 is 2.43 bits per heavy atom. The lowest BCUT2D eigenvalue weighted by atomic mass is 10.2. The summed E-state index contributed by atoms with van der Waals surface area (Å²) < 4.78 is 3.02. The van der Waals surface area contributed by atoms with E-state index in [4.69, 9.17) is 11.6 Å². The van der Waals surface area contributed by atoms with Crippen molar-refractivity contribution in [2.45, 2.75) is 20.0 Å². The van der Waals surface area contributed by atoms with Gasteiger partial charge in [0.25, 0.3) is 5.91 Å². The van der Waals surface area contributed by atoms with Crippen LogP contribution in [0, 0.1) is 6.92 Å². The molecule has 4 rings (SSSR count). The maximum absolute atomic E-state index is 13.1. The minimum absolute atomic E-state index is 0.0815. The molecule has 2 amide bonds. The molecule has 0 spiro atoms. The molecule has 1 aliphatic rings. The highest BCUT2D eigenvalue weighted by Crippen LogP contribution is 2.23. The number of hydrogen-bond donors (Lipinski definition) is 0. The number of benzene rings is 1. The number of aryl methyl sites for hydroxylation is 1. The number of nitrogens with zero attached hydrogens (tertiary/aromatic N) is 8. The zero-order chi connectivity index (χ0) is 21.1. The summed E-state index contributed by atoms with van der Waals surface area (Å²) in [6, 6.07) is 9.82. The van der Waals surface area contributed by atoms with Crippen LogP contribution in [0.4, 0.5) is 0 Å². The zero-order valence-corrected chi connectivity index (χ0v) is 17.2. The molecule has 156 valence electrons. The second kappa shape index (κ2) is 8.62. The number of aromatic nitrogens is 6. The third-order valence-electron chi connectivity index (χ3n) is 5.06. The first-order valence-corrected chi connectivity index (χ1v) is 9.95. The molecule has 30 heavy (non-hydrogen) atoms. The number of amides is 2. The smallest absolute Gasteiger partial charge is 0.259 e. The number of carbonyl (C=O) groups excluding carboxylic acids is 2. The number of carbonyl (C=O) groups is 2. The van der Waals surface area contributed by atoms with Gasteiger partial charge in [-0.2, -0.15) is 5.10 Å². The molecule has 0 saturated carbocycles. The lowest BCUT2D eigenvalue weighted by Gasteiger charge is -2.34. The summed E-state index contributed by atoms with van der Waals surface area (Å²) in [4.78, 5) is 28.9. The van der Waals surface area contributed by atoms with Crippen LogP contribution in [0.3, 0.4) is 0 Å². The van der Waals surface area contributed by atoms with Crippen molar-refractivity contribution in [1.29, 1.82) is 0 Å². The van der Waals surface area contributed by atoms with Crippen LogP contribution in [0.15, 0.2) is 36.7 Å². The van der Waals surface area contributed by atoms with Crippen LogP contribution in [0.5, 0.6) is 0 Å². The normalized spacial score (nSPS) is 14.2. The Morgan fingerprint density at radius 2 is 1.77 bits per heavy atom. The molecule has 0 N–H and O–H groups in total.